The lowest BCUT2D eigenvalue weighted by Crippen LogP contribution is -2.12. The average Bonchev–Trinajstić information content (AvgIpc) is 2.43. The second-order valence-corrected chi connectivity index (χ2v) is 4.63. The molecule has 0 aliphatic rings. The lowest BCUT2D eigenvalue weighted by Gasteiger charge is -2.15. The Morgan fingerprint density at radius 1 is 1.10 bits per heavy atom. The van der Waals surface area contributed by atoms with Crippen LogP contribution in [0.3, 0.4) is 0 Å². The van der Waals surface area contributed by atoms with Gasteiger partial charge in [-0.25, -0.2) is 4.79 Å². The average molecular weight is 285 g/mol. The second kappa shape index (κ2) is 6.09. The molecule has 0 saturated heterocycles. The van der Waals surface area contributed by atoms with Crippen LogP contribution < -0.4 is 5.32 Å². The Hall–Kier alpha value is -2.82. The zero-order valence-corrected chi connectivity index (χ0v) is 11.5. The summed E-state index contributed by atoms with van der Waals surface area (Å²) in [5.74, 6) is -1.63. The number of carboxylic acid groups (broad SMARTS) is 1. The molecule has 0 fully saturated rings. The standard InChI is InChI=1S/C16H15NO4/c1-10(18)17-15-13(9-11-5-3-2-4-6-11)12(16(20)21)7-8-14(15)19/h2-8,19H,9H2,1H3,(H,17,18)(H,20,21). The molecular formula is C16H15NO4. The first kappa shape index (κ1) is 14.6. The third-order valence-electron chi connectivity index (χ3n) is 3.05. The molecule has 0 heterocycles. The fourth-order valence-electron chi connectivity index (χ4n) is 2.13. The number of carboxylic acids is 1. The van der Waals surface area contributed by atoms with E-state index < -0.39 is 5.97 Å². The Bertz CT molecular complexity index is 680. The number of amides is 1. The van der Waals surface area contributed by atoms with Crippen LogP contribution in [-0.2, 0) is 11.2 Å². The zero-order valence-electron chi connectivity index (χ0n) is 11.5. The molecule has 1 amide bonds. The minimum Gasteiger partial charge on any atom is -0.506 e. The van der Waals surface area contributed by atoms with E-state index in [4.69, 9.17) is 0 Å². The predicted molar refractivity (Wildman–Crippen MR) is 78.6 cm³/mol. The van der Waals surface area contributed by atoms with Gasteiger partial charge in [-0.15, -0.1) is 0 Å². The van der Waals surface area contributed by atoms with E-state index in [1.54, 1.807) is 0 Å². The largest absolute Gasteiger partial charge is 0.506 e. The first-order valence-electron chi connectivity index (χ1n) is 6.38. The second-order valence-electron chi connectivity index (χ2n) is 4.63. The van der Waals surface area contributed by atoms with E-state index in [-0.39, 0.29) is 22.9 Å². The predicted octanol–water partition coefficient (Wildman–Crippen LogP) is 2.64. The van der Waals surface area contributed by atoms with E-state index in [9.17, 15) is 19.8 Å². The molecule has 0 bridgehead atoms. The lowest BCUT2D eigenvalue weighted by atomic mass is 9.97. The lowest BCUT2D eigenvalue weighted by molar-refractivity contribution is -0.114. The molecule has 0 aliphatic heterocycles. The summed E-state index contributed by atoms with van der Waals surface area (Å²) in [6.45, 7) is 1.30. The van der Waals surface area contributed by atoms with Crippen LogP contribution in [0.2, 0.25) is 0 Å². The van der Waals surface area contributed by atoms with Gasteiger partial charge in [0.25, 0.3) is 0 Å². The van der Waals surface area contributed by atoms with E-state index in [0.29, 0.717) is 12.0 Å². The number of nitrogens with one attached hydrogen (secondary N) is 1. The summed E-state index contributed by atoms with van der Waals surface area (Å²) in [5, 5.41) is 21.7. The van der Waals surface area contributed by atoms with Crippen molar-refractivity contribution in [3.63, 3.8) is 0 Å². The Balaban J connectivity index is 2.55. The van der Waals surface area contributed by atoms with Crippen LogP contribution in [0.25, 0.3) is 0 Å². The molecular weight excluding hydrogens is 270 g/mol. The van der Waals surface area contributed by atoms with Gasteiger partial charge in [0.05, 0.1) is 11.3 Å². The van der Waals surface area contributed by atoms with Crippen LogP contribution in [0, 0.1) is 0 Å². The van der Waals surface area contributed by atoms with Crippen LogP contribution in [0.5, 0.6) is 5.75 Å². The molecule has 0 radical (unpaired) electrons. The van der Waals surface area contributed by atoms with Crippen LogP contribution in [-0.4, -0.2) is 22.1 Å². The van der Waals surface area contributed by atoms with Gasteiger partial charge in [0, 0.05) is 13.3 Å². The van der Waals surface area contributed by atoms with Gasteiger partial charge in [0.2, 0.25) is 5.91 Å². The van der Waals surface area contributed by atoms with Gasteiger partial charge in [0.15, 0.2) is 0 Å². The summed E-state index contributed by atoms with van der Waals surface area (Å²) in [6.07, 6.45) is 0.298. The molecule has 108 valence electrons. The van der Waals surface area contributed by atoms with Gasteiger partial charge < -0.3 is 15.5 Å². The maximum atomic E-state index is 11.4. The number of hydrogen-bond acceptors (Lipinski definition) is 3. The summed E-state index contributed by atoms with van der Waals surface area (Å²) < 4.78 is 0. The topological polar surface area (TPSA) is 86.6 Å². The smallest absolute Gasteiger partial charge is 0.336 e. The van der Waals surface area contributed by atoms with Gasteiger partial charge in [0.1, 0.15) is 5.75 Å². The summed E-state index contributed by atoms with van der Waals surface area (Å²) >= 11 is 0. The quantitative estimate of drug-likeness (QED) is 0.754. The fourth-order valence-corrected chi connectivity index (χ4v) is 2.13. The van der Waals surface area contributed by atoms with Gasteiger partial charge >= 0.3 is 5.97 Å². The molecule has 0 atom stereocenters. The van der Waals surface area contributed by atoms with Crippen molar-refractivity contribution in [2.45, 2.75) is 13.3 Å². The molecule has 5 heteroatoms. The van der Waals surface area contributed by atoms with Crippen molar-refractivity contribution < 1.29 is 19.8 Å². The van der Waals surface area contributed by atoms with E-state index >= 15 is 0 Å². The summed E-state index contributed by atoms with van der Waals surface area (Å²) in [7, 11) is 0. The summed E-state index contributed by atoms with van der Waals surface area (Å²) in [5.41, 5.74) is 1.47. The van der Waals surface area contributed by atoms with E-state index in [2.05, 4.69) is 5.32 Å². The number of carbonyl (C=O) groups is 2. The molecule has 21 heavy (non-hydrogen) atoms. The number of rotatable bonds is 4. The number of anilines is 1. The maximum absolute atomic E-state index is 11.4. The minimum atomic E-state index is -1.10. The highest BCUT2D eigenvalue weighted by Crippen LogP contribution is 2.32. The number of aromatic carboxylic acids is 1. The summed E-state index contributed by atoms with van der Waals surface area (Å²) in [4.78, 5) is 22.6. The normalized spacial score (nSPS) is 10.1. The first-order valence-corrected chi connectivity index (χ1v) is 6.38. The first-order chi connectivity index (χ1) is 9.99. The van der Waals surface area contributed by atoms with Crippen molar-refractivity contribution in [1.29, 1.82) is 0 Å². The van der Waals surface area contributed by atoms with Crippen molar-refractivity contribution >= 4 is 17.6 Å². The third kappa shape index (κ3) is 3.39. The number of phenolic OH excluding ortho intramolecular Hbond substituents is 1. The maximum Gasteiger partial charge on any atom is 0.336 e. The molecule has 3 N–H and O–H groups in total. The van der Waals surface area contributed by atoms with E-state index in [0.717, 1.165) is 5.56 Å². The highest BCUT2D eigenvalue weighted by atomic mass is 16.4. The minimum absolute atomic E-state index is 0.0559. The number of carbonyl (C=O) groups excluding carboxylic acids is 1. The van der Waals surface area contributed by atoms with Gasteiger partial charge in [-0.1, -0.05) is 30.3 Å². The molecule has 5 nitrogen and oxygen atoms in total. The SMILES string of the molecule is CC(=O)Nc1c(O)ccc(C(=O)O)c1Cc1ccccc1. The van der Waals surface area contributed by atoms with Crippen molar-refractivity contribution in [3.05, 3.63) is 59.2 Å². The van der Waals surface area contributed by atoms with Gasteiger partial charge in [-0.2, -0.15) is 0 Å². The van der Waals surface area contributed by atoms with Crippen molar-refractivity contribution in [1.82, 2.24) is 0 Å². The van der Waals surface area contributed by atoms with E-state index in [1.165, 1.54) is 19.1 Å². The number of hydrogen-bond donors (Lipinski definition) is 3. The van der Waals surface area contributed by atoms with Gasteiger partial charge in [-0.3, -0.25) is 4.79 Å². The molecule has 2 aromatic carbocycles. The van der Waals surface area contributed by atoms with Crippen molar-refractivity contribution in [2.24, 2.45) is 0 Å². The van der Waals surface area contributed by atoms with Crippen molar-refractivity contribution in [3.8, 4) is 5.75 Å². The number of phenols is 1. The molecule has 0 aliphatic carbocycles. The molecule has 0 unspecified atom stereocenters. The van der Waals surface area contributed by atoms with Crippen LogP contribution in [0.15, 0.2) is 42.5 Å². The Kier molecular flexibility index (Phi) is 4.23. The molecule has 0 aromatic heterocycles. The van der Waals surface area contributed by atoms with Crippen LogP contribution in [0.4, 0.5) is 5.69 Å². The highest BCUT2D eigenvalue weighted by Gasteiger charge is 2.18. The Labute approximate surface area is 121 Å². The fraction of sp³-hybridized carbons (Fsp3) is 0.125. The van der Waals surface area contributed by atoms with E-state index in [1.807, 2.05) is 30.3 Å². The highest BCUT2D eigenvalue weighted by molar-refractivity contribution is 5.97. The van der Waals surface area contributed by atoms with Crippen LogP contribution >= 0.6 is 0 Å². The van der Waals surface area contributed by atoms with Crippen LogP contribution in [0.1, 0.15) is 28.4 Å². The molecule has 2 aromatic rings. The van der Waals surface area contributed by atoms with Crippen molar-refractivity contribution in [2.75, 3.05) is 5.32 Å². The Morgan fingerprint density at radius 3 is 2.33 bits per heavy atom. The monoisotopic (exact) mass is 285 g/mol. The summed E-state index contributed by atoms with van der Waals surface area (Å²) in [6, 6.07) is 11.9. The number of aromatic hydroxyl groups is 1. The molecule has 2 rings (SSSR count). The molecule has 0 spiro atoms. The number of benzene rings is 2. The third-order valence-corrected chi connectivity index (χ3v) is 3.05. The zero-order chi connectivity index (χ0) is 15.4. The Morgan fingerprint density at radius 2 is 1.76 bits per heavy atom. The van der Waals surface area contributed by atoms with Gasteiger partial charge in [-0.05, 0) is 23.3 Å². The molecule has 0 saturated carbocycles.